The SMILES string of the molecule is CCOC(=O)C(CCCCCCCC(=O)O)CCO[n+]1ccccc1. The van der Waals surface area contributed by atoms with Crippen LogP contribution < -0.4 is 9.57 Å². The molecule has 0 aromatic carbocycles. The van der Waals surface area contributed by atoms with Gasteiger partial charge in [-0.2, -0.15) is 0 Å². The van der Waals surface area contributed by atoms with Crippen molar-refractivity contribution in [2.24, 2.45) is 5.92 Å². The summed E-state index contributed by atoms with van der Waals surface area (Å²) in [6, 6.07) is 5.68. The smallest absolute Gasteiger partial charge is 0.309 e. The van der Waals surface area contributed by atoms with E-state index in [2.05, 4.69) is 0 Å². The molecular formula is C19H30NO5+. The molecule has 0 saturated heterocycles. The fraction of sp³-hybridized carbons (Fsp3) is 0.632. The molecule has 6 heteroatoms. The van der Waals surface area contributed by atoms with Crippen LogP contribution in [0.5, 0.6) is 0 Å². The Bertz CT molecular complexity index is 492. The van der Waals surface area contributed by atoms with Gasteiger partial charge in [0.25, 0.3) is 0 Å². The Morgan fingerprint density at radius 2 is 1.68 bits per heavy atom. The zero-order valence-corrected chi connectivity index (χ0v) is 15.1. The summed E-state index contributed by atoms with van der Waals surface area (Å²) in [6.07, 6.45) is 9.86. The first-order valence-corrected chi connectivity index (χ1v) is 9.11. The van der Waals surface area contributed by atoms with Crippen LogP contribution in [-0.2, 0) is 14.3 Å². The van der Waals surface area contributed by atoms with E-state index in [1.54, 1.807) is 4.73 Å². The number of aliphatic carboxylic acids is 1. The highest BCUT2D eigenvalue weighted by atomic mass is 16.7. The molecule has 1 atom stereocenters. The average Bonchev–Trinajstić information content (AvgIpc) is 2.60. The van der Waals surface area contributed by atoms with Crippen molar-refractivity contribution >= 4 is 11.9 Å². The van der Waals surface area contributed by atoms with Crippen molar-refractivity contribution in [3.63, 3.8) is 0 Å². The molecule has 0 aliphatic rings. The van der Waals surface area contributed by atoms with E-state index in [0.29, 0.717) is 19.6 Å². The number of hydrogen-bond donors (Lipinski definition) is 1. The topological polar surface area (TPSA) is 76.7 Å². The molecule has 0 fully saturated rings. The summed E-state index contributed by atoms with van der Waals surface area (Å²) in [5.74, 6) is -1.04. The summed E-state index contributed by atoms with van der Waals surface area (Å²) in [5.41, 5.74) is 0. The van der Waals surface area contributed by atoms with Gasteiger partial charge in [0.05, 0.1) is 12.5 Å². The van der Waals surface area contributed by atoms with Gasteiger partial charge in [-0.05, 0) is 19.8 Å². The molecule has 0 saturated carbocycles. The second-order valence-electron chi connectivity index (χ2n) is 6.01. The molecule has 25 heavy (non-hydrogen) atoms. The van der Waals surface area contributed by atoms with E-state index in [-0.39, 0.29) is 18.3 Å². The minimum absolute atomic E-state index is 0.150. The first-order chi connectivity index (χ1) is 12.1. The van der Waals surface area contributed by atoms with Gasteiger partial charge < -0.3 is 9.84 Å². The first-order valence-electron chi connectivity index (χ1n) is 9.11. The van der Waals surface area contributed by atoms with Crippen molar-refractivity contribution in [1.29, 1.82) is 0 Å². The molecule has 1 N–H and O–H groups in total. The largest absolute Gasteiger partial charge is 0.481 e. The van der Waals surface area contributed by atoms with E-state index in [1.807, 2.05) is 37.5 Å². The monoisotopic (exact) mass is 352 g/mol. The maximum Gasteiger partial charge on any atom is 0.309 e. The number of carbonyl (C=O) groups excluding carboxylic acids is 1. The van der Waals surface area contributed by atoms with Gasteiger partial charge in [0.15, 0.2) is 6.61 Å². The third-order valence-electron chi connectivity index (χ3n) is 3.96. The first kappa shape index (κ1) is 20.9. The number of hydrogen-bond acceptors (Lipinski definition) is 4. The van der Waals surface area contributed by atoms with E-state index < -0.39 is 5.97 Å². The van der Waals surface area contributed by atoms with Gasteiger partial charge in [0.1, 0.15) is 0 Å². The van der Waals surface area contributed by atoms with Crippen LogP contribution in [-0.4, -0.2) is 30.3 Å². The Balaban J connectivity index is 2.25. The predicted molar refractivity (Wildman–Crippen MR) is 92.8 cm³/mol. The predicted octanol–water partition coefficient (Wildman–Crippen LogP) is 2.79. The van der Waals surface area contributed by atoms with E-state index in [0.717, 1.165) is 38.5 Å². The molecule has 0 bridgehead atoms. The average molecular weight is 352 g/mol. The lowest BCUT2D eigenvalue weighted by Crippen LogP contribution is -2.42. The number of aromatic nitrogens is 1. The lowest BCUT2D eigenvalue weighted by Gasteiger charge is -2.14. The van der Waals surface area contributed by atoms with E-state index in [1.165, 1.54) is 0 Å². The fourth-order valence-corrected chi connectivity index (χ4v) is 2.61. The second-order valence-corrected chi connectivity index (χ2v) is 6.01. The van der Waals surface area contributed by atoms with Crippen LogP contribution in [0.25, 0.3) is 0 Å². The van der Waals surface area contributed by atoms with Crippen LogP contribution in [0.4, 0.5) is 0 Å². The molecule has 0 radical (unpaired) electrons. The molecule has 1 unspecified atom stereocenters. The molecule has 1 aromatic rings. The molecule has 1 rings (SSSR count). The van der Waals surface area contributed by atoms with Crippen molar-refractivity contribution in [3.8, 4) is 0 Å². The summed E-state index contributed by atoms with van der Waals surface area (Å²) >= 11 is 0. The zero-order chi connectivity index (χ0) is 18.3. The molecule has 1 heterocycles. The molecule has 0 amide bonds. The number of unbranched alkanes of at least 4 members (excludes halogenated alkanes) is 4. The highest BCUT2D eigenvalue weighted by molar-refractivity contribution is 5.72. The summed E-state index contributed by atoms with van der Waals surface area (Å²) in [5, 5.41) is 8.60. The number of pyridine rings is 1. The minimum atomic E-state index is -0.737. The van der Waals surface area contributed by atoms with Gasteiger partial charge in [-0.15, -0.1) is 0 Å². The number of carboxylic acid groups (broad SMARTS) is 1. The normalized spacial score (nSPS) is 11.7. The lowest BCUT2D eigenvalue weighted by atomic mass is 9.97. The van der Waals surface area contributed by atoms with Gasteiger partial charge in [-0.1, -0.05) is 31.7 Å². The van der Waals surface area contributed by atoms with Gasteiger partial charge in [-0.25, -0.2) is 0 Å². The van der Waals surface area contributed by atoms with Crippen molar-refractivity contribution in [2.45, 2.75) is 58.3 Å². The van der Waals surface area contributed by atoms with Crippen molar-refractivity contribution < 1.29 is 29.0 Å². The Labute approximate surface area is 149 Å². The van der Waals surface area contributed by atoms with Crippen LogP contribution in [0.15, 0.2) is 30.6 Å². The highest BCUT2D eigenvalue weighted by Gasteiger charge is 2.20. The minimum Gasteiger partial charge on any atom is -0.481 e. The Morgan fingerprint density at radius 3 is 2.36 bits per heavy atom. The summed E-state index contributed by atoms with van der Waals surface area (Å²) < 4.78 is 6.79. The Morgan fingerprint density at radius 1 is 1.00 bits per heavy atom. The van der Waals surface area contributed by atoms with Gasteiger partial charge in [0, 0.05) is 29.7 Å². The van der Waals surface area contributed by atoms with Crippen LogP contribution in [0.1, 0.15) is 58.3 Å². The third kappa shape index (κ3) is 10.4. The molecule has 0 spiro atoms. The highest BCUT2D eigenvalue weighted by Crippen LogP contribution is 2.17. The van der Waals surface area contributed by atoms with Crippen molar-refractivity contribution in [2.75, 3.05) is 13.2 Å². The van der Waals surface area contributed by atoms with Crippen molar-refractivity contribution in [3.05, 3.63) is 30.6 Å². The van der Waals surface area contributed by atoms with Crippen LogP contribution in [0.3, 0.4) is 0 Å². The maximum absolute atomic E-state index is 12.1. The van der Waals surface area contributed by atoms with E-state index in [4.69, 9.17) is 14.7 Å². The number of rotatable bonds is 14. The lowest BCUT2D eigenvalue weighted by molar-refractivity contribution is -0.891. The molecule has 0 aliphatic carbocycles. The number of esters is 1. The van der Waals surface area contributed by atoms with Crippen LogP contribution in [0, 0.1) is 5.92 Å². The standard InChI is InChI=1S/C19H29NO5/c1-2-24-19(23)17(11-7-4-3-5-8-12-18(21)22)13-16-25-20-14-9-6-10-15-20/h6,9-10,14-15,17H,2-5,7-8,11-13,16H2,1H3/p+1. The molecular weight excluding hydrogens is 322 g/mol. The van der Waals surface area contributed by atoms with Gasteiger partial charge in [0.2, 0.25) is 12.4 Å². The molecule has 1 aromatic heterocycles. The summed E-state index contributed by atoms with van der Waals surface area (Å²) in [6.45, 7) is 2.66. The molecule has 6 nitrogen and oxygen atoms in total. The number of ether oxygens (including phenoxy) is 1. The molecule has 0 aliphatic heterocycles. The zero-order valence-electron chi connectivity index (χ0n) is 15.1. The number of nitrogens with zero attached hydrogens (tertiary/aromatic N) is 1. The fourth-order valence-electron chi connectivity index (χ4n) is 2.61. The van der Waals surface area contributed by atoms with Gasteiger partial charge in [-0.3, -0.25) is 14.4 Å². The quantitative estimate of drug-likeness (QED) is 0.316. The van der Waals surface area contributed by atoms with Crippen LogP contribution in [0.2, 0.25) is 0 Å². The second kappa shape index (κ2) is 13.2. The Kier molecular flexibility index (Phi) is 11.1. The van der Waals surface area contributed by atoms with Crippen molar-refractivity contribution in [1.82, 2.24) is 0 Å². The van der Waals surface area contributed by atoms with Crippen LogP contribution >= 0.6 is 0 Å². The summed E-state index contributed by atoms with van der Waals surface area (Å²) in [7, 11) is 0. The third-order valence-corrected chi connectivity index (χ3v) is 3.96. The molecule has 140 valence electrons. The van der Waals surface area contributed by atoms with E-state index in [9.17, 15) is 9.59 Å². The van der Waals surface area contributed by atoms with E-state index >= 15 is 0 Å². The number of carboxylic acids is 1. The number of carbonyl (C=O) groups is 2. The van der Waals surface area contributed by atoms with Gasteiger partial charge >= 0.3 is 11.9 Å². The summed E-state index contributed by atoms with van der Waals surface area (Å²) in [4.78, 5) is 28.1. The maximum atomic E-state index is 12.1. The Hall–Kier alpha value is -2.11.